The second kappa shape index (κ2) is 10.1. The molecule has 1 amide bonds. The Morgan fingerprint density at radius 2 is 2.10 bits per heavy atom. The van der Waals surface area contributed by atoms with Gasteiger partial charge in [-0.2, -0.15) is 5.10 Å². The largest absolute Gasteiger partial charge is 0.468 e. The van der Waals surface area contributed by atoms with Crippen LogP contribution in [0.25, 0.3) is 6.08 Å². The third-order valence-corrected chi connectivity index (χ3v) is 5.62. The van der Waals surface area contributed by atoms with Crippen LogP contribution in [0, 0.1) is 12.8 Å². The molecule has 0 aromatic carbocycles. The fourth-order valence-corrected chi connectivity index (χ4v) is 4.07. The first kappa shape index (κ1) is 21.7. The number of aryl methyl sites for hydroxylation is 1. The Hall–Kier alpha value is -2.05. The predicted octanol–water partition coefficient (Wildman–Crippen LogP) is 4.45. The quantitative estimate of drug-likeness (QED) is 0.643. The molecule has 1 fully saturated rings. The highest BCUT2D eigenvalue weighted by Crippen LogP contribution is 2.25. The second-order valence-corrected chi connectivity index (χ2v) is 8.43. The molecule has 1 N–H and O–H groups in total. The minimum absolute atomic E-state index is 0.0572. The first-order chi connectivity index (χ1) is 14.0. The van der Waals surface area contributed by atoms with E-state index >= 15 is 0 Å². The molecule has 0 radical (unpaired) electrons. The zero-order valence-electron chi connectivity index (χ0n) is 17.5. The van der Waals surface area contributed by atoms with Crippen LogP contribution in [0.3, 0.4) is 0 Å². The fourth-order valence-electron chi connectivity index (χ4n) is 3.76. The third-order valence-electron chi connectivity index (χ3n) is 5.22. The van der Waals surface area contributed by atoms with Crippen LogP contribution in [0.5, 0.6) is 0 Å². The van der Waals surface area contributed by atoms with Crippen molar-refractivity contribution < 1.29 is 9.21 Å². The Kier molecular flexibility index (Phi) is 7.56. The van der Waals surface area contributed by atoms with Gasteiger partial charge in [0, 0.05) is 24.7 Å². The fraction of sp³-hybridized carbons (Fsp3) is 0.545. The van der Waals surface area contributed by atoms with E-state index in [2.05, 4.69) is 29.2 Å². The zero-order chi connectivity index (χ0) is 20.8. The van der Waals surface area contributed by atoms with Crippen molar-refractivity contribution in [1.82, 2.24) is 20.0 Å². The summed E-state index contributed by atoms with van der Waals surface area (Å²) < 4.78 is 7.43. The highest BCUT2D eigenvalue weighted by atomic mass is 35.5. The van der Waals surface area contributed by atoms with E-state index in [1.807, 2.05) is 19.1 Å². The summed E-state index contributed by atoms with van der Waals surface area (Å²) in [5.41, 5.74) is 1.61. The lowest BCUT2D eigenvalue weighted by Crippen LogP contribution is -2.40. The standard InChI is InChI=1S/C22H31ClN4O2/c1-16(2)15-27-22(23)18(17(3)25-27)9-10-21(28)24-14-19(20-8-7-13-29-20)26-11-5-4-6-12-26/h7-10,13,16,19H,4-6,11-12,14-15H2,1-3H3,(H,24,28)/b10-9+. The maximum Gasteiger partial charge on any atom is 0.244 e. The van der Waals surface area contributed by atoms with Crippen molar-refractivity contribution in [2.24, 2.45) is 5.92 Å². The molecule has 29 heavy (non-hydrogen) atoms. The smallest absolute Gasteiger partial charge is 0.244 e. The van der Waals surface area contributed by atoms with Crippen LogP contribution in [-0.4, -0.2) is 40.2 Å². The molecule has 7 heteroatoms. The average molecular weight is 419 g/mol. The maximum absolute atomic E-state index is 12.5. The monoisotopic (exact) mass is 418 g/mol. The summed E-state index contributed by atoms with van der Waals surface area (Å²) in [6.45, 7) is 9.46. The van der Waals surface area contributed by atoms with Crippen LogP contribution < -0.4 is 5.32 Å². The van der Waals surface area contributed by atoms with E-state index in [9.17, 15) is 4.79 Å². The number of hydrogen-bond acceptors (Lipinski definition) is 4. The van der Waals surface area contributed by atoms with Crippen molar-refractivity contribution in [2.75, 3.05) is 19.6 Å². The molecule has 3 rings (SSSR count). The van der Waals surface area contributed by atoms with E-state index in [1.165, 1.54) is 25.3 Å². The molecule has 6 nitrogen and oxygen atoms in total. The van der Waals surface area contributed by atoms with E-state index < -0.39 is 0 Å². The Morgan fingerprint density at radius 1 is 1.34 bits per heavy atom. The SMILES string of the molecule is Cc1nn(CC(C)C)c(Cl)c1/C=C/C(=O)NCC(c1ccco1)N1CCCCC1. The summed E-state index contributed by atoms with van der Waals surface area (Å²) in [6, 6.07) is 3.93. The van der Waals surface area contributed by atoms with Gasteiger partial charge >= 0.3 is 0 Å². The minimum atomic E-state index is -0.148. The number of amides is 1. The van der Waals surface area contributed by atoms with E-state index in [0.717, 1.165) is 36.7 Å². The number of furan rings is 1. The molecular weight excluding hydrogens is 388 g/mol. The van der Waals surface area contributed by atoms with Crippen molar-refractivity contribution in [1.29, 1.82) is 0 Å². The molecule has 0 spiro atoms. The number of piperidine rings is 1. The van der Waals surface area contributed by atoms with Crippen LogP contribution in [0.15, 0.2) is 28.9 Å². The molecule has 1 atom stereocenters. The van der Waals surface area contributed by atoms with Gasteiger partial charge < -0.3 is 9.73 Å². The summed E-state index contributed by atoms with van der Waals surface area (Å²) in [5, 5.41) is 8.07. The number of halogens is 1. The Balaban J connectivity index is 1.63. The number of carbonyl (C=O) groups is 1. The summed E-state index contributed by atoms with van der Waals surface area (Å²) in [5.74, 6) is 1.19. The average Bonchev–Trinajstić information content (AvgIpc) is 3.30. The molecule has 0 aliphatic carbocycles. The van der Waals surface area contributed by atoms with Crippen molar-refractivity contribution in [2.45, 2.75) is 52.6 Å². The van der Waals surface area contributed by atoms with E-state index in [1.54, 1.807) is 17.0 Å². The highest BCUT2D eigenvalue weighted by Gasteiger charge is 2.24. The van der Waals surface area contributed by atoms with Crippen molar-refractivity contribution in [3.05, 3.63) is 46.6 Å². The molecule has 1 saturated heterocycles. The number of nitrogens with one attached hydrogen (secondary N) is 1. The molecule has 2 aromatic rings. The van der Waals surface area contributed by atoms with Gasteiger partial charge in [-0.05, 0) is 57.0 Å². The van der Waals surface area contributed by atoms with Crippen LogP contribution >= 0.6 is 11.6 Å². The van der Waals surface area contributed by atoms with E-state index in [4.69, 9.17) is 16.0 Å². The second-order valence-electron chi connectivity index (χ2n) is 8.07. The van der Waals surface area contributed by atoms with Gasteiger partial charge in [-0.1, -0.05) is 31.9 Å². The minimum Gasteiger partial charge on any atom is -0.468 e. The molecule has 2 aromatic heterocycles. The Bertz CT molecular complexity index is 820. The lowest BCUT2D eigenvalue weighted by atomic mass is 10.1. The maximum atomic E-state index is 12.5. The van der Waals surface area contributed by atoms with Crippen molar-refractivity contribution in [3.8, 4) is 0 Å². The number of nitrogens with zero attached hydrogens (tertiary/aromatic N) is 3. The lowest BCUT2D eigenvalue weighted by molar-refractivity contribution is -0.116. The first-order valence-electron chi connectivity index (χ1n) is 10.4. The molecule has 1 aliphatic heterocycles. The topological polar surface area (TPSA) is 63.3 Å². The summed E-state index contributed by atoms with van der Waals surface area (Å²) in [7, 11) is 0. The number of rotatable bonds is 8. The van der Waals surface area contributed by atoms with Gasteiger partial charge in [-0.25, -0.2) is 0 Å². The Morgan fingerprint density at radius 3 is 2.76 bits per heavy atom. The molecule has 1 unspecified atom stereocenters. The summed E-state index contributed by atoms with van der Waals surface area (Å²) in [4.78, 5) is 14.9. The highest BCUT2D eigenvalue weighted by molar-refractivity contribution is 6.31. The summed E-state index contributed by atoms with van der Waals surface area (Å²) >= 11 is 6.45. The van der Waals surface area contributed by atoms with Gasteiger partial charge in [0.05, 0.1) is 18.0 Å². The van der Waals surface area contributed by atoms with E-state index in [-0.39, 0.29) is 11.9 Å². The van der Waals surface area contributed by atoms with E-state index in [0.29, 0.717) is 17.6 Å². The van der Waals surface area contributed by atoms with Crippen LogP contribution in [0.4, 0.5) is 0 Å². The molecule has 158 valence electrons. The van der Waals surface area contributed by atoms with Crippen molar-refractivity contribution >= 4 is 23.6 Å². The van der Waals surface area contributed by atoms with Gasteiger partial charge in [0.25, 0.3) is 0 Å². The molecule has 3 heterocycles. The van der Waals surface area contributed by atoms with Crippen LogP contribution in [0.2, 0.25) is 5.15 Å². The molecular formula is C22H31ClN4O2. The Labute approximate surface area is 177 Å². The van der Waals surface area contributed by atoms with Crippen LogP contribution in [0.1, 0.15) is 56.2 Å². The lowest BCUT2D eigenvalue weighted by Gasteiger charge is -2.33. The van der Waals surface area contributed by atoms with Gasteiger partial charge in [0.1, 0.15) is 10.9 Å². The molecule has 0 saturated carbocycles. The van der Waals surface area contributed by atoms with Gasteiger partial charge in [-0.3, -0.25) is 14.4 Å². The first-order valence-corrected chi connectivity index (χ1v) is 10.8. The third kappa shape index (κ3) is 5.73. The van der Waals surface area contributed by atoms with Gasteiger partial charge in [0.2, 0.25) is 5.91 Å². The number of aromatic nitrogens is 2. The van der Waals surface area contributed by atoms with Gasteiger partial charge in [0.15, 0.2) is 0 Å². The molecule has 1 aliphatic rings. The summed E-state index contributed by atoms with van der Waals surface area (Å²) in [6.07, 6.45) is 8.60. The molecule has 0 bridgehead atoms. The number of carbonyl (C=O) groups excluding carboxylic acids is 1. The van der Waals surface area contributed by atoms with Gasteiger partial charge in [-0.15, -0.1) is 0 Å². The predicted molar refractivity (Wildman–Crippen MR) is 116 cm³/mol. The van der Waals surface area contributed by atoms with Crippen LogP contribution in [-0.2, 0) is 11.3 Å². The number of hydrogen-bond donors (Lipinski definition) is 1. The number of likely N-dealkylation sites (tertiary alicyclic amines) is 1. The zero-order valence-corrected chi connectivity index (χ0v) is 18.3. The normalized spacial score (nSPS) is 16.6. The van der Waals surface area contributed by atoms with Crippen molar-refractivity contribution in [3.63, 3.8) is 0 Å².